The van der Waals surface area contributed by atoms with E-state index >= 15 is 0 Å². The fourth-order valence-electron chi connectivity index (χ4n) is 2.66. The van der Waals surface area contributed by atoms with Crippen LogP contribution in [0.3, 0.4) is 0 Å². The van der Waals surface area contributed by atoms with Crippen LogP contribution in [0.25, 0.3) is 0 Å². The molecule has 5 nitrogen and oxygen atoms in total. The Morgan fingerprint density at radius 2 is 2.14 bits per heavy atom. The molecule has 2 atom stereocenters. The summed E-state index contributed by atoms with van der Waals surface area (Å²) in [6.07, 6.45) is 0.841. The third-order valence-electron chi connectivity index (χ3n) is 3.80. The summed E-state index contributed by atoms with van der Waals surface area (Å²) in [6.45, 7) is 1.87. The molecule has 0 radical (unpaired) electrons. The molecular weight excluding hydrogens is 294 g/mol. The van der Waals surface area contributed by atoms with Gasteiger partial charge in [0.2, 0.25) is 5.91 Å². The zero-order valence-corrected chi connectivity index (χ0v) is 13.0. The van der Waals surface area contributed by atoms with Gasteiger partial charge in [-0.15, -0.1) is 0 Å². The van der Waals surface area contributed by atoms with Crippen molar-refractivity contribution in [1.82, 2.24) is 4.90 Å². The first-order valence-corrected chi connectivity index (χ1v) is 7.09. The largest absolute Gasteiger partial charge is 0.495 e. The van der Waals surface area contributed by atoms with Crippen LogP contribution >= 0.6 is 11.6 Å². The van der Waals surface area contributed by atoms with Crippen molar-refractivity contribution in [3.63, 3.8) is 0 Å². The Kier molecular flexibility index (Phi) is 4.73. The van der Waals surface area contributed by atoms with Crippen molar-refractivity contribution < 1.29 is 19.1 Å². The highest BCUT2D eigenvalue weighted by atomic mass is 35.5. The number of amides is 1. The van der Waals surface area contributed by atoms with Gasteiger partial charge in [0, 0.05) is 6.42 Å². The lowest BCUT2D eigenvalue weighted by molar-refractivity contribution is -0.150. The molecule has 1 aromatic rings. The van der Waals surface area contributed by atoms with E-state index in [1.54, 1.807) is 24.1 Å². The summed E-state index contributed by atoms with van der Waals surface area (Å²) in [5, 5.41) is 0.475. The molecule has 21 heavy (non-hydrogen) atoms. The van der Waals surface area contributed by atoms with Crippen molar-refractivity contribution in [2.24, 2.45) is 0 Å². The second kappa shape index (κ2) is 6.35. The number of methoxy groups -OCH3 is 2. The van der Waals surface area contributed by atoms with Crippen LogP contribution in [0.15, 0.2) is 18.2 Å². The number of ether oxygens (including phenoxy) is 2. The van der Waals surface area contributed by atoms with Crippen molar-refractivity contribution >= 4 is 23.5 Å². The average molecular weight is 312 g/mol. The lowest BCUT2D eigenvalue weighted by atomic mass is 10.1. The summed E-state index contributed by atoms with van der Waals surface area (Å²) in [5.74, 6) is 0.141. The number of benzene rings is 1. The molecule has 0 aromatic heterocycles. The molecule has 0 bridgehead atoms. The Hall–Kier alpha value is -1.75. The van der Waals surface area contributed by atoms with Crippen LogP contribution in [0.2, 0.25) is 5.02 Å². The van der Waals surface area contributed by atoms with E-state index in [9.17, 15) is 9.59 Å². The van der Waals surface area contributed by atoms with Crippen LogP contribution in [0.1, 0.15) is 31.4 Å². The SMILES string of the molecule is COC(=O)C1CCC(=O)N1C(C)c1ccc(OC)c(Cl)c1. The fourth-order valence-corrected chi connectivity index (χ4v) is 2.92. The maximum absolute atomic E-state index is 12.1. The third kappa shape index (κ3) is 2.97. The summed E-state index contributed by atoms with van der Waals surface area (Å²) in [6, 6.07) is 4.56. The van der Waals surface area contributed by atoms with Gasteiger partial charge in [0.05, 0.1) is 25.3 Å². The minimum absolute atomic E-state index is 0.0511. The molecule has 2 unspecified atom stereocenters. The van der Waals surface area contributed by atoms with E-state index in [1.807, 2.05) is 13.0 Å². The summed E-state index contributed by atoms with van der Waals surface area (Å²) < 4.78 is 9.90. The molecule has 1 aliphatic rings. The maximum Gasteiger partial charge on any atom is 0.328 e. The van der Waals surface area contributed by atoms with Gasteiger partial charge < -0.3 is 14.4 Å². The van der Waals surface area contributed by atoms with Gasteiger partial charge in [-0.3, -0.25) is 4.79 Å². The second-order valence-electron chi connectivity index (χ2n) is 4.95. The molecular formula is C15H18ClNO4. The van der Waals surface area contributed by atoms with Gasteiger partial charge in [-0.05, 0) is 31.0 Å². The van der Waals surface area contributed by atoms with E-state index in [2.05, 4.69) is 0 Å². The molecule has 0 saturated carbocycles. The van der Waals surface area contributed by atoms with Crippen LogP contribution in [-0.2, 0) is 14.3 Å². The minimum atomic E-state index is -0.529. The molecule has 0 aliphatic carbocycles. The molecule has 0 N–H and O–H groups in total. The van der Waals surface area contributed by atoms with Crippen molar-refractivity contribution in [3.05, 3.63) is 28.8 Å². The van der Waals surface area contributed by atoms with Gasteiger partial charge in [-0.2, -0.15) is 0 Å². The summed E-state index contributed by atoms with van der Waals surface area (Å²) in [5.41, 5.74) is 0.852. The highest BCUT2D eigenvalue weighted by Gasteiger charge is 2.40. The zero-order valence-electron chi connectivity index (χ0n) is 12.3. The van der Waals surface area contributed by atoms with Gasteiger partial charge >= 0.3 is 5.97 Å². The Morgan fingerprint density at radius 1 is 1.43 bits per heavy atom. The Labute approximate surface area is 128 Å². The van der Waals surface area contributed by atoms with Crippen LogP contribution in [0, 0.1) is 0 Å². The molecule has 2 rings (SSSR count). The lowest BCUT2D eigenvalue weighted by Crippen LogP contribution is -2.40. The van der Waals surface area contributed by atoms with Crippen molar-refractivity contribution in [2.75, 3.05) is 14.2 Å². The van der Waals surface area contributed by atoms with Crippen LogP contribution in [-0.4, -0.2) is 37.0 Å². The average Bonchev–Trinajstić information content (AvgIpc) is 2.87. The standard InChI is InChI=1S/C15H18ClNO4/c1-9(10-4-6-13(20-2)11(16)8-10)17-12(15(19)21-3)5-7-14(17)18/h4,6,8-9,12H,5,7H2,1-3H3. The molecule has 1 aliphatic heterocycles. The van der Waals surface area contributed by atoms with E-state index in [0.29, 0.717) is 23.6 Å². The lowest BCUT2D eigenvalue weighted by Gasteiger charge is -2.30. The van der Waals surface area contributed by atoms with Crippen molar-refractivity contribution in [3.8, 4) is 5.75 Å². The number of esters is 1. The number of carbonyl (C=O) groups excluding carboxylic acids is 2. The number of halogens is 1. The third-order valence-corrected chi connectivity index (χ3v) is 4.10. The van der Waals surface area contributed by atoms with Crippen molar-refractivity contribution in [1.29, 1.82) is 0 Å². The number of hydrogen-bond acceptors (Lipinski definition) is 4. The van der Waals surface area contributed by atoms with Crippen LogP contribution in [0.5, 0.6) is 5.75 Å². The van der Waals surface area contributed by atoms with Gasteiger partial charge in [-0.25, -0.2) is 4.79 Å². The van der Waals surface area contributed by atoms with Gasteiger partial charge in [-0.1, -0.05) is 17.7 Å². The predicted molar refractivity (Wildman–Crippen MR) is 78.3 cm³/mol. The molecule has 1 aromatic carbocycles. The quantitative estimate of drug-likeness (QED) is 0.802. The molecule has 1 heterocycles. The monoisotopic (exact) mass is 311 g/mol. The first kappa shape index (κ1) is 15.6. The van der Waals surface area contributed by atoms with Gasteiger partial charge in [0.25, 0.3) is 0 Å². The van der Waals surface area contributed by atoms with Gasteiger partial charge in [0.1, 0.15) is 11.8 Å². The maximum atomic E-state index is 12.1. The van der Waals surface area contributed by atoms with E-state index in [1.165, 1.54) is 7.11 Å². The Morgan fingerprint density at radius 3 is 2.71 bits per heavy atom. The number of nitrogens with zero attached hydrogens (tertiary/aromatic N) is 1. The highest BCUT2D eigenvalue weighted by molar-refractivity contribution is 6.32. The highest BCUT2D eigenvalue weighted by Crippen LogP contribution is 2.34. The Bertz CT molecular complexity index is 561. The summed E-state index contributed by atoms with van der Waals surface area (Å²) >= 11 is 6.12. The fraction of sp³-hybridized carbons (Fsp3) is 0.467. The zero-order chi connectivity index (χ0) is 15.6. The second-order valence-corrected chi connectivity index (χ2v) is 5.36. The van der Waals surface area contributed by atoms with Crippen LogP contribution in [0.4, 0.5) is 0 Å². The topological polar surface area (TPSA) is 55.8 Å². The molecule has 114 valence electrons. The number of likely N-dealkylation sites (tertiary alicyclic amines) is 1. The van der Waals surface area contributed by atoms with E-state index in [-0.39, 0.29) is 17.9 Å². The summed E-state index contributed by atoms with van der Waals surface area (Å²) in [7, 11) is 2.87. The predicted octanol–water partition coefficient (Wildman–Crippen LogP) is 2.57. The van der Waals surface area contributed by atoms with Crippen LogP contribution < -0.4 is 4.74 Å². The first-order valence-electron chi connectivity index (χ1n) is 6.72. The minimum Gasteiger partial charge on any atom is -0.495 e. The molecule has 1 saturated heterocycles. The van der Waals surface area contributed by atoms with E-state index < -0.39 is 6.04 Å². The molecule has 1 fully saturated rings. The molecule has 0 spiro atoms. The van der Waals surface area contributed by atoms with E-state index in [0.717, 1.165) is 5.56 Å². The Balaban J connectivity index is 2.28. The molecule has 1 amide bonds. The van der Waals surface area contributed by atoms with Crippen molar-refractivity contribution in [2.45, 2.75) is 31.8 Å². The number of rotatable bonds is 4. The summed E-state index contributed by atoms with van der Waals surface area (Å²) in [4.78, 5) is 25.5. The molecule has 6 heteroatoms. The number of hydrogen-bond donors (Lipinski definition) is 0. The normalized spacial score (nSPS) is 19.5. The first-order chi connectivity index (χ1) is 9.99. The smallest absolute Gasteiger partial charge is 0.328 e. The van der Waals surface area contributed by atoms with Gasteiger partial charge in [0.15, 0.2) is 0 Å². The van der Waals surface area contributed by atoms with E-state index in [4.69, 9.17) is 21.1 Å². The number of carbonyl (C=O) groups is 2.